The zero-order valence-corrected chi connectivity index (χ0v) is 19.5. The molecule has 0 spiro atoms. The molecule has 2 aromatic heterocycles. The van der Waals surface area contributed by atoms with Crippen molar-refractivity contribution < 1.29 is 14.3 Å². The van der Waals surface area contributed by atoms with Gasteiger partial charge in [0.2, 0.25) is 5.91 Å². The first-order chi connectivity index (χ1) is 15.5. The molecular weight excluding hydrogens is 444 g/mol. The minimum absolute atomic E-state index is 0.0983. The monoisotopic (exact) mass is 470 g/mol. The van der Waals surface area contributed by atoms with Crippen LogP contribution in [0.5, 0.6) is 0 Å². The predicted molar refractivity (Wildman–Crippen MR) is 127 cm³/mol. The summed E-state index contributed by atoms with van der Waals surface area (Å²) < 4.78 is 5.61. The number of thiazole rings is 1. The van der Waals surface area contributed by atoms with Crippen molar-refractivity contribution in [2.45, 2.75) is 32.5 Å². The van der Waals surface area contributed by atoms with Gasteiger partial charge in [-0.2, -0.15) is 0 Å². The van der Waals surface area contributed by atoms with E-state index in [1.807, 2.05) is 23.6 Å². The van der Waals surface area contributed by atoms with Crippen LogP contribution in [0.25, 0.3) is 0 Å². The van der Waals surface area contributed by atoms with E-state index in [2.05, 4.69) is 39.6 Å². The van der Waals surface area contributed by atoms with E-state index < -0.39 is 0 Å². The highest BCUT2D eigenvalue weighted by Crippen LogP contribution is 2.18. The lowest BCUT2D eigenvalue weighted by molar-refractivity contribution is -0.120. The molecule has 9 heteroatoms. The Morgan fingerprint density at radius 2 is 2.09 bits per heavy atom. The van der Waals surface area contributed by atoms with Crippen molar-refractivity contribution in [1.29, 1.82) is 0 Å². The average molecular weight is 471 g/mol. The second-order valence-electron chi connectivity index (χ2n) is 7.77. The summed E-state index contributed by atoms with van der Waals surface area (Å²) in [5.41, 5.74) is 2.94. The SMILES string of the molecule is CC1CN(Cc2cccc(CNC(=O)Cc3csc(NC(=O)c4cccs4)n3)c2)CCO1. The normalized spacial score (nSPS) is 16.6. The molecule has 3 heterocycles. The number of carbonyl (C=O) groups excluding carboxylic acids is 2. The van der Waals surface area contributed by atoms with Crippen LogP contribution in [0.2, 0.25) is 0 Å². The lowest BCUT2D eigenvalue weighted by Gasteiger charge is -2.31. The van der Waals surface area contributed by atoms with E-state index in [-0.39, 0.29) is 24.3 Å². The number of carbonyl (C=O) groups is 2. The molecule has 32 heavy (non-hydrogen) atoms. The van der Waals surface area contributed by atoms with Crippen molar-refractivity contribution >= 4 is 39.6 Å². The third-order valence-corrected chi connectivity index (χ3v) is 6.75. The number of morpholine rings is 1. The fraction of sp³-hybridized carbons (Fsp3) is 0.348. The van der Waals surface area contributed by atoms with E-state index in [0.717, 1.165) is 31.8 Å². The van der Waals surface area contributed by atoms with Crippen LogP contribution >= 0.6 is 22.7 Å². The van der Waals surface area contributed by atoms with Gasteiger partial charge in [-0.25, -0.2) is 4.98 Å². The topological polar surface area (TPSA) is 83.6 Å². The van der Waals surface area contributed by atoms with Crippen LogP contribution in [-0.2, 0) is 29.0 Å². The molecule has 0 bridgehead atoms. The maximum Gasteiger partial charge on any atom is 0.267 e. The molecule has 0 radical (unpaired) electrons. The maximum absolute atomic E-state index is 12.4. The molecule has 1 saturated heterocycles. The second-order valence-corrected chi connectivity index (χ2v) is 9.57. The van der Waals surface area contributed by atoms with Gasteiger partial charge in [0, 0.05) is 31.6 Å². The van der Waals surface area contributed by atoms with Crippen LogP contribution in [0.4, 0.5) is 5.13 Å². The molecule has 1 fully saturated rings. The second kappa shape index (κ2) is 10.8. The Morgan fingerprint density at radius 3 is 2.91 bits per heavy atom. The first-order valence-electron chi connectivity index (χ1n) is 10.5. The summed E-state index contributed by atoms with van der Waals surface area (Å²) in [6, 6.07) is 11.9. The molecule has 1 atom stereocenters. The van der Waals surface area contributed by atoms with Crippen LogP contribution in [-0.4, -0.2) is 47.5 Å². The third-order valence-electron chi connectivity index (χ3n) is 5.07. The van der Waals surface area contributed by atoms with Crippen molar-refractivity contribution in [3.8, 4) is 0 Å². The zero-order chi connectivity index (χ0) is 22.3. The van der Waals surface area contributed by atoms with Gasteiger partial charge in [0.05, 0.1) is 29.7 Å². The molecular formula is C23H26N4O3S2. The number of amides is 2. The Hall–Kier alpha value is -2.59. The van der Waals surface area contributed by atoms with Crippen molar-refractivity contribution in [1.82, 2.24) is 15.2 Å². The summed E-state index contributed by atoms with van der Waals surface area (Å²) in [7, 11) is 0. The first kappa shape index (κ1) is 22.6. The Kier molecular flexibility index (Phi) is 7.64. The van der Waals surface area contributed by atoms with Crippen molar-refractivity contribution in [3.63, 3.8) is 0 Å². The summed E-state index contributed by atoms with van der Waals surface area (Å²) in [5, 5.41) is 9.89. The smallest absolute Gasteiger partial charge is 0.267 e. The van der Waals surface area contributed by atoms with E-state index >= 15 is 0 Å². The number of nitrogens with one attached hydrogen (secondary N) is 2. The molecule has 1 unspecified atom stereocenters. The van der Waals surface area contributed by atoms with E-state index in [1.54, 1.807) is 11.4 Å². The van der Waals surface area contributed by atoms with Gasteiger partial charge < -0.3 is 10.1 Å². The van der Waals surface area contributed by atoms with Gasteiger partial charge in [0.25, 0.3) is 5.91 Å². The van der Waals surface area contributed by atoms with E-state index in [9.17, 15) is 9.59 Å². The van der Waals surface area contributed by atoms with Gasteiger partial charge in [0.15, 0.2) is 5.13 Å². The number of rotatable bonds is 8. The largest absolute Gasteiger partial charge is 0.376 e. The number of hydrogen-bond donors (Lipinski definition) is 2. The Morgan fingerprint density at radius 1 is 1.22 bits per heavy atom. The van der Waals surface area contributed by atoms with Gasteiger partial charge in [-0.15, -0.1) is 22.7 Å². The molecule has 1 aliphatic heterocycles. The third kappa shape index (κ3) is 6.46. The van der Waals surface area contributed by atoms with Gasteiger partial charge >= 0.3 is 0 Å². The number of hydrogen-bond acceptors (Lipinski definition) is 7. The van der Waals surface area contributed by atoms with Crippen LogP contribution in [0.15, 0.2) is 47.2 Å². The number of ether oxygens (including phenoxy) is 1. The lowest BCUT2D eigenvalue weighted by Crippen LogP contribution is -2.40. The molecule has 2 N–H and O–H groups in total. The Labute approximate surface area is 195 Å². The number of thiophene rings is 1. The molecule has 1 aliphatic rings. The number of benzene rings is 1. The maximum atomic E-state index is 12.4. The van der Waals surface area contributed by atoms with E-state index in [0.29, 0.717) is 22.2 Å². The highest BCUT2D eigenvalue weighted by atomic mass is 32.1. The van der Waals surface area contributed by atoms with Gasteiger partial charge in [-0.05, 0) is 29.5 Å². The Bertz CT molecular complexity index is 1050. The van der Waals surface area contributed by atoms with Gasteiger partial charge in [-0.1, -0.05) is 30.3 Å². The summed E-state index contributed by atoms with van der Waals surface area (Å²) >= 11 is 2.69. The molecule has 1 aromatic carbocycles. The molecule has 3 aromatic rings. The van der Waals surface area contributed by atoms with Crippen LogP contribution < -0.4 is 10.6 Å². The minimum atomic E-state index is -0.184. The predicted octanol–water partition coefficient (Wildman–Crippen LogP) is 3.54. The fourth-order valence-corrected chi connectivity index (χ4v) is 4.89. The van der Waals surface area contributed by atoms with E-state index in [4.69, 9.17) is 4.74 Å². The standard InChI is InChI=1S/C23H26N4O3S2/c1-16-13-27(7-8-30-16)14-18-5-2-4-17(10-18)12-24-21(28)11-19-15-32-23(25-19)26-22(29)20-6-3-9-31-20/h2-6,9-10,15-16H,7-8,11-14H2,1H3,(H,24,28)(H,25,26,29). The average Bonchev–Trinajstić information content (AvgIpc) is 3.45. The molecule has 4 rings (SSSR count). The molecule has 168 valence electrons. The molecule has 0 aliphatic carbocycles. The molecule has 7 nitrogen and oxygen atoms in total. The number of aromatic nitrogens is 1. The van der Waals surface area contributed by atoms with E-state index in [1.165, 1.54) is 28.2 Å². The summed E-state index contributed by atoms with van der Waals surface area (Å²) in [4.78, 5) is 31.9. The highest BCUT2D eigenvalue weighted by Gasteiger charge is 2.17. The highest BCUT2D eigenvalue weighted by molar-refractivity contribution is 7.14. The lowest BCUT2D eigenvalue weighted by atomic mass is 10.1. The van der Waals surface area contributed by atoms with Crippen LogP contribution in [0.3, 0.4) is 0 Å². The van der Waals surface area contributed by atoms with Crippen LogP contribution in [0.1, 0.15) is 33.4 Å². The fourth-order valence-electron chi connectivity index (χ4n) is 3.57. The first-order valence-corrected chi connectivity index (χ1v) is 12.3. The number of nitrogens with zero attached hydrogens (tertiary/aromatic N) is 2. The summed E-state index contributed by atoms with van der Waals surface area (Å²) in [6.07, 6.45) is 0.443. The van der Waals surface area contributed by atoms with Gasteiger partial charge in [0.1, 0.15) is 0 Å². The zero-order valence-electron chi connectivity index (χ0n) is 17.9. The molecule has 0 saturated carbocycles. The minimum Gasteiger partial charge on any atom is -0.376 e. The van der Waals surface area contributed by atoms with Crippen molar-refractivity contribution in [3.05, 3.63) is 68.9 Å². The quantitative estimate of drug-likeness (QED) is 0.526. The van der Waals surface area contributed by atoms with Crippen LogP contribution in [0, 0.1) is 0 Å². The van der Waals surface area contributed by atoms with Gasteiger partial charge in [-0.3, -0.25) is 19.8 Å². The molecule has 2 amide bonds. The summed E-state index contributed by atoms with van der Waals surface area (Å²) in [5.74, 6) is -0.282. The Balaban J connectivity index is 1.24. The van der Waals surface area contributed by atoms with Crippen molar-refractivity contribution in [2.24, 2.45) is 0 Å². The summed E-state index contributed by atoms with van der Waals surface area (Å²) in [6.45, 7) is 6.10. The number of anilines is 1. The van der Waals surface area contributed by atoms with Crippen molar-refractivity contribution in [2.75, 3.05) is 25.0 Å².